The van der Waals surface area contributed by atoms with Crippen LogP contribution in [0.25, 0.3) is 10.6 Å². The lowest BCUT2D eigenvalue weighted by atomic mass is 9.90. The van der Waals surface area contributed by atoms with E-state index in [9.17, 15) is 0 Å². The van der Waals surface area contributed by atoms with Crippen molar-refractivity contribution in [2.24, 2.45) is 11.1 Å². The Balaban J connectivity index is 1.69. The van der Waals surface area contributed by atoms with Crippen LogP contribution in [0, 0.1) is 5.41 Å². The maximum atomic E-state index is 5.87. The molecular weight excluding hydrogens is 346 g/mol. The first kappa shape index (κ1) is 15.2. The standard InChI is InChI=1S/C16H20BrN3S/c1-16(10-18)5-6-20(11-16)8-14-9-21-15(19-14)12-3-2-4-13(17)7-12/h2-4,7,9H,5-6,8,10-11,18H2,1H3. The Hall–Kier alpha value is -0.750. The molecule has 1 aromatic heterocycles. The molecular formula is C16H20BrN3S. The van der Waals surface area contributed by atoms with Crippen molar-refractivity contribution >= 4 is 27.3 Å². The van der Waals surface area contributed by atoms with Crippen molar-refractivity contribution in [2.45, 2.75) is 19.9 Å². The Bertz CT molecular complexity index is 627. The monoisotopic (exact) mass is 365 g/mol. The Kier molecular flexibility index (Phi) is 4.45. The fourth-order valence-electron chi connectivity index (χ4n) is 2.79. The minimum absolute atomic E-state index is 0.281. The van der Waals surface area contributed by atoms with Crippen molar-refractivity contribution in [1.29, 1.82) is 0 Å². The van der Waals surface area contributed by atoms with Gasteiger partial charge in [0.25, 0.3) is 0 Å². The van der Waals surface area contributed by atoms with Crippen LogP contribution in [0.15, 0.2) is 34.1 Å². The van der Waals surface area contributed by atoms with Crippen molar-refractivity contribution in [3.63, 3.8) is 0 Å². The van der Waals surface area contributed by atoms with Crippen LogP contribution in [-0.4, -0.2) is 29.5 Å². The summed E-state index contributed by atoms with van der Waals surface area (Å²) in [5.41, 5.74) is 8.49. The first-order chi connectivity index (χ1) is 10.1. The first-order valence-corrected chi connectivity index (χ1v) is 8.88. The molecule has 2 heterocycles. The zero-order valence-electron chi connectivity index (χ0n) is 12.2. The Morgan fingerprint density at radius 3 is 3.05 bits per heavy atom. The van der Waals surface area contributed by atoms with Crippen molar-refractivity contribution in [3.05, 3.63) is 39.8 Å². The van der Waals surface area contributed by atoms with E-state index >= 15 is 0 Å². The van der Waals surface area contributed by atoms with Crippen LogP contribution < -0.4 is 5.73 Å². The number of aromatic nitrogens is 1. The summed E-state index contributed by atoms with van der Waals surface area (Å²) in [5.74, 6) is 0. The number of hydrogen-bond donors (Lipinski definition) is 1. The average molecular weight is 366 g/mol. The van der Waals surface area contributed by atoms with Gasteiger partial charge in [0.1, 0.15) is 5.01 Å². The zero-order valence-corrected chi connectivity index (χ0v) is 14.6. The molecule has 0 bridgehead atoms. The van der Waals surface area contributed by atoms with Crippen LogP contribution in [0.3, 0.4) is 0 Å². The third-order valence-electron chi connectivity index (χ3n) is 4.14. The van der Waals surface area contributed by atoms with Crippen LogP contribution in [0.4, 0.5) is 0 Å². The lowest BCUT2D eigenvalue weighted by Crippen LogP contribution is -2.31. The summed E-state index contributed by atoms with van der Waals surface area (Å²) in [6.07, 6.45) is 1.19. The van der Waals surface area contributed by atoms with E-state index in [2.05, 4.69) is 45.3 Å². The van der Waals surface area contributed by atoms with Gasteiger partial charge in [0.2, 0.25) is 0 Å². The second-order valence-electron chi connectivity index (χ2n) is 6.13. The molecule has 1 aliphatic heterocycles. The van der Waals surface area contributed by atoms with E-state index < -0.39 is 0 Å². The number of nitrogens with zero attached hydrogens (tertiary/aromatic N) is 2. The van der Waals surface area contributed by atoms with Crippen molar-refractivity contribution in [2.75, 3.05) is 19.6 Å². The van der Waals surface area contributed by atoms with E-state index in [0.29, 0.717) is 0 Å². The minimum atomic E-state index is 0.281. The predicted molar refractivity (Wildman–Crippen MR) is 92.3 cm³/mol. The molecule has 1 fully saturated rings. The Labute approximate surface area is 138 Å². The van der Waals surface area contributed by atoms with Crippen molar-refractivity contribution in [3.8, 4) is 10.6 Å². The van der Waals surface area contributed by atoms with Crippen LogP contribution in [0.1, 0.15) is 19.0 Å². The molecule has 3 nitrogen and oxygen atoms in total. The molecule has 1 saturated heterocycles. The summed E-state index contributed by atoms with van der Waals surface area (Å²) in [5, 5.41) is 3.26. The number of hydrogen-bond acceptors (Lipinski definition) is 4. The summed E-state index contributed by atoms with van der Waals surface area (Å²) in [7, 11) is 0. The van der Waals surface area contributed by atoms with E-state index in [4.69, 9.17) is 10.7 Å². The maximum absolute atomic E-state index is 5.87. The SMILES string of the molecule is CC1(CN)CCN(Cc2csc(-c3cccc(Br)c3)n2)C1. The van der Waals surface area contributed by atoms with E-state index in [0.717, 1.165) is 41.4 Å². The molecule has 0 amide bonds. The fraction of sp³-hybridized carbons (Fsp3) is 0.438. The maximum Gasteiger partial charge on any atom is 0.123 e. The second kappa shape index (κ2) is 6.16. The smallest absolute Gasteiger partial charge is 0.123 e. The summed E-state index contributed by atoms with van der Waals surface area (Å²) < 4.78 is 1.09. The average Bonchev–Trinajstić information content (AvgIpc) is 3.07. The summed E-state index contributed by atoms with van der Waals surface area (Å²) in [6, 6.07) is 8.31. The summed E-state index contributed by atoms with van der Waals surface area (Å²) in [6.45, 7) is 6.18. The topological polar surface area (TPSA) is 42.1 Å². The highest BCUT2D eigenvalue weighted by molar-refractivity contribution is 9.10. The quantitative estimate of drug-likeness (QED) is 0.896. The van der Waals surface area contributed by atoms with Crippen LogP contribution in [0.5, 0.6) is 0 Å². The van der Waals surface area contributed by atoms with Gasteiger partial charge >= 0.3 is 0 Å². The molecule has 0 spiro atoms. The van der Waals surface area contributed by atoms with Crippen LogP contribution in [0.2, 0.25) is 0 Å². The van der Waals surface area contributed by atoms with Gasteiger partial charge in [-0.1, -0.05) is 35.0 Å². The molecule has 2 aromatic rings. The summed E-state index contributed by atoms with van der Waals surface area (Å²) in [4.78, 5) is 7.25. The van der Waals surface area contributed by atoms with E-state index in [1.165, 1.54) is 12.0 Å². The van der Waals surface area contributed by atoms with Crippen molar-refractivity contribution in [1.82, 2.24) is 9.88 Å². The number of rotatable bonds is 4. The van der Waals surface area contributed by atoms with Crippen LogP contribution >= 0.6 is 27.3 Å². The van der Waals surface area contributed by atoms with E-state index in [-0.39, 0.29) is 5.41 Å². The molecule has 1 unspecified atom stereocenters. The number of thiazole rings is 1. The number of likely N-dealkylation sites (tertiary alicyclic amines) is 1. The van der Waals surface area contributed by atoms with Crippen molar-refractivity contribution < 1.29 is 0 Å². The minimum Gasteiger partial charge on any atom is -0.330 e. The first-order valence-electron chi connectivity index (χ1n) is 7.21. The highest BCUT2D eigenvalue weighted by Gasteiger charge is 2.32. The van der Waals surface area contributed by atoms with Gasteiger partial charge in [-0.25, -0.2) is 4.98 Å². The lowest BCUT2D eigenvalue weighted by molar-refractivity contribution is 0.272. The Morgan fingerprint density at radius 1 is 1.48 bits per heavy atom. The highest BCUT2D eigenvalue weighted by atomic mass is 79.9. The number of benzene rings is 1. The summed E-state index contributed by atoms with van der Waals surface area (Å²) >= 11 is 5.23. The molecule has 2 N–H and O–H groups in total. The van der Waals surface area contributed by atoms with E-state index in [1.807, 2.05) is 12.1 Å². The molecule has 112 valence electrons. The molecule has 5 heteroatoms. The largest absolute Gasteiger partial charge is 0.330 e. The molecule has 1 atom stereocenters. The third-order valence-corrected chi connectivity index (χ3v) is 5.57. The molecule has 0 saturated carbocycles. The van der Waals surface area contributed by atoms with Gasteiger partial charge < -0.3 is 5.73 Å². The normalized spacial score (nSPS) is 22.8. The predicted octanol–water partition coefficient (Wildman–Crippen LogP) is 3.74. The third kappa shape index (κ3) is 3.54. The zero-order chi connectivity index (χ0) is 14.9. The highest BCUT2D eigenvalue weighted by Crippen LogP contribution is 2.31. The molecule has 0 radical (unpaired) electrons. The van der Waals surface area contributed by atoms with Gasteiger partial charge in [0.05, 0.1) is 5.69 Å². The van der Waals surface area contributed by atoms with Gasteiger partial charge in [-0.05, 0) is 37.1 Å². The Morgan fingerprint density at radius 2 is 2.33 bits per heavy atom. The van der Waals surface area contributed by atoms with Gasteiger partial charge in [-0.15, -0.1) is 11.3 Å². The second-order valence-corrected chi connectivity index (χ2v) is 7.90. The van der Waals surface area contributed by atoms with Gasteiger partial charge in [0, 0.05) is 28.5 Å². The fourth-order valence-corrected chi connectivity index (χ4v) is 4.00. The van der Waals surface area contributed by atoms with Gasteiger partial charge in [-0.3, -0.25) is 4.90 Å². The van der Waals surface area contributed by atoms with Crippen LogP contribution in [-0.2, 0) is 6.54 Å². The molecule has 1 aromatic carbocycles. The number of nitrogens with two attached hydrogens (primary N) is 1. The number of halogens is 1. The van der Waals surface area contributed by atoms with Gasteiger partial charge in [0.15, 0.2) is 0 Å². The molecule has 0 aliphatic carbocycles. The molecule has 21 heavy (non-hydrogen) atoms. The molecule has 1 aliphatic rings. The van der Waals surface area contributed by atoms with E-state index in [1.54, 1.807) is 11.3 Å². The molecule has 3 rings (SSSR count). The van der Waals surface area contributed by atoms with Gasteiger partial charge in [-0.2, -0.15) is 0 Å². The lowest BCUT2D eigenvalue weighted by Gasteiger charge is -2.22.